The van der Waals surface area contributed by atoms with Crippen LogP contribution in [0.25, 0.3) is 0 Å². The Morgan fingerprint density at radius 2 is 1.94 bits per heavy atom. The lowest BCUT2D eigenvalue weighted by Crippen LogP contribution is -2.40. The number of hydrogen-bond donors (Lipinski definition) is 0. The van der Waals surface area contributed by atoms with Crippen molar-refractivity contribution in [1.29, 1.82) is 0 Å². The summed E-state index contributed by atoms with van der Waals surface area (Å²) in [4.78, 5) is 27.0. The molecule has 0 unspecified atom stereocenters. The summed E-state index contributed by atoms with van der Waals surface area (Å²) < 4.78 is 11.4. The smallest absolute Gasteiger partial charge is 0.254 e. The number of likely N-dealkylation sites (tertiary alicyclic amines) is 1. The molecule has 0 N–H and O–H groups in total. The van der Waals surface area contributed by atoms with Gasteiger partial charge in [0.2, 0.25) is 5.88 Å². The predicted molar refractivity (Wildman–Crippen MR) is 134 cm³/mol. The Balaban J connectivity index is 1.29. The highest BCUT2D eigenvalue weighted by atomic mass is 16.5. The highest BCUT2D eigenvalue weighted by Crippen LogP contribution is 2.29. The summed E-state index contributed by atoms with van der Waals surface area (Å²) in [6.45, 7) is 7.48. The molecule has 5 rings (SSSR count). The zero-order chi connectivity index (χ0) is 24.0. The van der Waals surface area contributed by atoms with Crippen molar-refractivity contribution in [3.05, 3.63) is 83.3 Å². The van der Waals surface area contributed by atoms with E-state index in [0.717, 1.165) is 80.4 Å². The van der Waals surface area contributed by atoms with Gasteiger partial charge >= 0.3 is 0 Å². The van der Waals surface area contributed by atoms with Crippen molar-refractivity contribution in [3.63, 3.8) is 0 Å². The van der Waals surface area contributed by atoms with E-state index in [-0.39, 0.29) is 11.8 Å². The summed E-state index contributed by atoms with van der Waals surface area (Å²) in [5, 5.41) is 0. The molecule has 7 heteroatoms. The Morgan fingerprint density at radius 3 is 2.80 bits per heavy atom. The van der Waals surface area contributed by atoms with Gasteiger partial charge in [0, 0.05) is 50.4 Å². The van der Waals surface area contributed by atoms with Crippen LogP contribution in [0.2, 0.25) is 0 Å². The fourth-order valence-electron chi connectivity index (χ4n) is 4.85. The van der Waals surface area contributed by atoms with Gasteiger partial charge < -0.3 is 14.4 Å². The molecule has 0 spiro atoms. The molecule has 0 saturated carbocycles. The Kier molecular flexibility index (Phi) is 7.35. The van der Waals surface area contributed by atoms with Crippen LogP contribution in [0.4, 0.5) is 0 Å². The molecule has 0 aliphatic carbocycles. The van der Waals surface area contributed by atoms with Gasteiger partial charge in [0.1, 0.15) is 5.75 Å². The SMILES string of the molecule is Cc1cccc(Oc2cncc([C@H]3CCCN(C(=O)c4ccccc4CN4CCOCC4)C3)n2)c1. The topological polar surface area (TPSA) is 67.8 Å². The van der Waals surface area contributed by atoms with Crippen LogP contribution < -0.4 is 4.74 Å². The molecule has 2 saturated heterocycles. The molecule has 2 aliphatic rings. The van der Waals surface area contributed by atoms with Crippen molar-refractivity contribution in [2.75, 3.05) is 39.4 Å². The molecule has 0 radical (unpaired) electrons. The number of morpholine rings is 1. The van der Waals surface area contributed by atoms with Crippen LogP contribution in [0.5, 0.6) is 11.6 Å². The fraction of sp³-hybridized carbons (Fsp3) is 0.393. The van der Waals surface area contributed by atoms with Gasteiger partial charge in [0.15, 0.2) is 0 Å². The van der Waals surface area contributed by atoms with E-state index in [9.17, 15) is 4.79 Å². The Hall–Kier alpha value is -3.29. The van der Waals surface area contributed by atoms with Gasteiger partial charge in [-0.3, -0.25) is 14.7 Å². The summed E-state index contributed by atoms with van der Waals surface area (Å²) >= 11 is 0. The molecule has 182 valence electrons. The number of hydrogen-bond acceptors (Lipinski definition) is 6. The van der Waals surface area contributed by atoms with Gasteiger partial charge in [-0.25, -0.2) is 4.98 Å². The van der Waals surface area contributed by atoms with Crippen molar-refractivity contribution in [1.82, 2.24) is 19.8 Å². The molecule has 2 aromatic carbocycles. The molecule has 2 fully saturated rings. The number of nitrogens with zero attached hydrogens (tertiary/aromatic N) is 4. The number of carbonyl (C=O) groups excluding carboxylic acids is 1. The van der Waals surface area contributed by atoms with Gasteiger partial charge in [-0.15, -0.1) is 0 Å². The monoisotopic (exact) mass is 472 g/mol. The second-order valence-corrected chi connectivity index (χ2v) is 9.34. The average Bonchev–Trinajstić information content (AvgIpc) is 2.89. The van der Waals surface area contributed by atoms with Crippen molar-refractivity contribution >= 4 is 5.91 Å². The van der Waals surface area contributed by atoms with Gasteiger partial charge in [0.05, 0.1) is 25.1 Å². The molecular weight excluding hydrogens is 440 g/mol. The zero-order valence-corrected chi connectivity index (χ0v) is 20.2. The van der Waals surface area contributed by atoms with E-state index in [0.29, 0.717) is 12.4 Å². The quantitative estimate of drug-likeness (QED) is 0.529. The first-order chi connectivity index (χ1) is 17.2. The standard InChI is InChI=1S/C28H32N4O3/c1-21-6-4-9-24(16-21)35-27-18-29-17-26(30-27)23-8-5-11-32(20-23)28(33)25-10-3-2-7-22(25)19-31-12-14-34-15-13-31/h2-4,6-7,9-10,16-18,23H,5,8,11-15,19-20H2,1H3/t23-/m0/s1. The van der Waals surface area contributed by atoms with Crippen molar-refractivity contribution in [2.45, 2.75) is 32.2 Å². The lowest BCUT2D eigenvalue weighted by Gasteiger charge is -2.33. The molecule has 3 heterocycles. The molecule has 7 nitrogen and oxygen atoms in total. The van der Waals surface area contributed by atoms with Crippen LogP contribution in [0.3, 0.4) is 0 Å². The summed E-state index contributed by atoms with van der Waals surface area (Å²) in [5.41, 5.74) is 3.87. The number of aryl methyl sites for hydroxylation is 1. The molecule has 1 aromatic heterocycles. The molecule has 1 atom stereocenters. The molecule has 35 heavy (non-hydrogen) atoms. The second kappa shape index (κ2) is 11.0. The normalized spacial score (nSPS) is 18.9. The first-order valence-electron chi connectivity index (χ1n) is 12.4. The highest BCUT2D eigenvalue weighted by molar-refractivity contribution is 5.95. The van der Waals surface area contributed by atoms with E-state index in [1.807, 2.05) is 54.3 Å². The summed E-state index contributed by atoms with van der Waals surface area (Å²) in [5.74, 6) is 1.45. The lowest BCUT2D eigenvalue weighted by molar-refractivity contribution is 0.0339. The van der Waals surface area contributed by atoms with E-state index in [4.69, 9.17) is 14.5 Å². The van der Waals surface area contributed by atoms with Crippen LogP contribution in [-0.4, -0.2) is 65.1 Å². The van der Waals surface area contributed by atoms with E-state index in [2.05, 4.69) is 16.0 Å². The molecule has 1 amide bonds. The minimum Gasteiger partial charge on any atom is -0.437 e. The maximum atomic E-state index is 13.6. The second-order valence-electron chi connectivity index (χ2n) is 9.34. The highest BCUT2D eigenvalue weighted by Gasteiger charge is 2.28. The van der Waals surface area contributed by atoms with Gasteiger partial charge in [-0.05, 0) is 49.1 Å². The first-order valence-corrected chi connectivity index (χ1v) is 12.4. The molecule has 0 bridgehead atoms. The third-order valence-electron chi connectivity index (χ3n) is 6.72. The number of ether oxygens (including phenoxy) is 2. The zero-order valence-electron chi connectivity index (χ0n) is 20.2. The van der Waals surface area contributed by atoms with E-state index >= 15 is 0 Å². The average molecular weight is 473 g/mol. The summed E-state index contributed by atoms with van der Waals surface area (Å²) in [6.07, 6.45) is 5.35. The van der Waals surface area contributed by atoms with Gasteiger partial charge in [0.25, 0.3) is 5.91 Å². The van der Waals surface area contributed by atoms with Crippen molar-refractivity contribution < 1.29 is 14.3 Å². The number of benzene rings is 2. The van der Waals surface area contributed by atoms with Gasteiger partial charge in [-0.1, -0.05) is 30.3 Å². The van der Waals surface area contributed by atoms with E-state index in [1.165, 1.54) is 0 Å². The van der Waals surface area contributed by atoms with Crippen LogP contribution in [0.15, 0.2) is 60.9 Å². The van der Waals surface area contributed by atoms with Crippen LogP contribution >= 0.6 is 0 Å². The van der Waals surface area contributed by atoms with Crippen LogP contribution in [0.1, 0.15) is 45.9 Å². The van der Waals surface area contributed by atoms with E-state index < -0.39 is 0 Å². The largest absolute Gasteiger partial charge is 0.437 e. The minimum absolute atomic E-state index is 0.0960. The maximum Gasteiger partial charge on any atom is 0.254 e. The lowest BCUT2D eigenvalue weighted by atomic mass is 9.94. The number of carbonyl (C=O) groups is 1. The Morgan fingerprint density at radius 1 is 1.09 bits per heavy atom. The van der Waals surface area contributed by atoms with E-state index in [1.54, 1.807) is 12.4 Å². The molecular formula is C28H32N4O3. The Bertz CT molecular complexity index is 1160. The first kappa shape index (κ1) is 23.5. The molecule has 3 aromatic rings. The minimum atomic E-state index is 0.0960. The maximum absolute atomic E-state index is 13.6. The van der Waals surface area contributed by atoms with Crippen molar-refractivity contribution in [2.24, 2.45) is 0 Å². The third-order valence-corrected chi connectivity index (χ3v) is 6.72. The fourth-order valence-corrected chi connectivity index (χ4v) is 4.85. The summed E-state index contributed by atoms with van der Waals surface area (Å²) in [6, 6.07) is 15.9. The molecule has 2 aliphatic heterocycles. The van der Waals surface area contributed by atoms with Crippen LogP contribution in [0, 0.1) is 6.92 Å². The number of piperidine rings is 1. The third kappa shape index (κ3) is 5.86. The number of amides is 1. The Labute approximate surface area is 206 Å². The summed E-state index contributed by atoms with van der Waals surface area (Å²) in [7, 11) is 0. The van der Waals surface area contributed by atoms with Crippen LogP contribution in [-0.2, 0) is 11.3 Å². The van der Waals surface area contributed by atoms with Gasteiger partial charge in [-0.2, -0.15) is 0 Å². The number of aromatic nitrogens is 2. The predicted octanol–water partition coefficient (Wildman–Crippen LogP) is 4.43. The van der Waals surface area contributed by atoms with Crippen molar-refractivity contribution in [3.8, 4) is 11.6 Å². The number of rotatable bonds is 6.